The maximum Gasteiger partial charge on any atom is 0.246 e. The van der Waals surface area contributed by atoms with Crippen LogP contribution in [-0.2, 0) is 4.79 Å². The first kappa shape index (κ1) is 14.0. The average Bonchev–Trinajstić information content (AvgIpc) is 2.47. The lowest BCUT2D eigenvalue weighted by Crippen LogP contribution is -2.52. The SMILES string of the molecule is CC1(C)CCNC(CO)C(=O)N1c1ccc(F)cc1. The minimum Gasteiger partial charge on any atom is -0.394 e. The van der Waals surface area contributed by atoms with Crippen LogP contribution in [0.2, 0.25) is 0 Å². The third-order valence-corrected chi connectivity index (χ3v) is 3.52. The molecule has 1 atom stereocenters. The highest BCUT2D eigenvalue weighted by Gasteiger charge is 2.38. The summed E-state index contributed by atoms with van der Waals surface area (Å²) in [7, 11) is 0. The molecule has 1 aromatic carbocycles. The van der Waals surface area contributed by atoms with Gasteiger partial charge in [-0.15, -0.1) is 0 Å². The number of aliphatic hydroxyl groups excluding tert-OH is 1. The van der Waals surface area contributed by atoms with Crippen LogP contribution in [0.25, 0.3) is 0 Å². The van der Waals surface area contributed by atoms with E-state index in [4.69, 9.17) is 0 Å². The van der Waals surface area contributed by atoms with Gasteiger partial charge in [-0.2, -0.15) is 0 Å². The Hall–Kier alpha value is -1.46. The molecule has 1 amide bonds. The van der Waals surface area contributed by atoms with Gasteiger partial charge in [-0.05, 0) is 51.1 Å². The van der Waals surface area contributed by atoms with Gasteiger partial charge >= 0.3 is 0 Å². The van der Waals surface area contributed by atoms with E-state index in [1.54, 1.807) is 17.0 Å². The van der Waals surface area contributed by atoms with Crippen LogP contribution < -0.4 is 10.2 Å². The lowest BCUT2D eigenvalue weighted by molar-refractivity contribution is -0.121. The van der Waals surface area contributed by atoms with Crippen LogP contribution in [0.15, 0.2) is 24.3 Å². The Morgan fingerprint density at radius 2 is 2.05 bits per heavy atom. The number of anilines is 1. The van der Waals surface area contributed by atoms with Gasteiger partial charge < -0.3 is 15.3 Å². The van der Waals surface area contributed by atoms with E-state index in [-0.39, 0.29) is 23.9 Å². The van der Waals surface area contributed by atoms with Gasteiger partial charge in [0.2, 0.25) is 5.91 Å². The second kappa shape index (κ2) is 5.27. The summed E-state index contributed by atoms with van der Waals surface area (Å²) in [6.45, 7) is 4.35. The normalized spacial score (nSPS) is 23.3. The topological polar surface area (TPSA) is 52.6 Å². The number of amides is 1. The van der Waals surface area contributed by atoms with Crippen LogP contribution in [-0.4, -0.2) is 35.7 Å². The van der Waals surface area contributed by atoms with Crippen molar-refractivity contribution in [2.24, 2.45) is 0 Å². The molecule has 1 heterocycles. The zero-order chi connectivity index (χ0) is 14.0. The Labute approximate surface area is 112 Å². The number of carbonyl (C=O) groups is 1. The first-order valence-corrected chi connectivity index (χ1v) is 6.39. The van der Waals surface area contributed by atoms with Crippen molar-refractivity contribution in [2.75, 3.05) is 18.1 Å². The van der Waals surface area contributed by atoms with Crippen molar-refractivity contribution in [3.63, 3.8) is 0 Å². The molecule has 1 fully saturated rings. The van der Waals surface area contributed by atoms with Gasteiger partial charge in [0, 0.05) is 11.2 Å². The van der Waals surface area contributed by atoms with Gasteiger partial charge in [0.05, 0.1) is 6.61 Å². The molecule has 1 aliphatic heterocycles. The van der Waals surface area contributed by atoms with Gasteiger partial charge in [0.1, 0.15) is 11.9 Å². The molecular weight excluding hydrogens is 247 g/mol. The smallest absolute Gasteiger partial charge is 0.246 e. The third-order valence-electron chi connectivity index (χ3n) is 3.52. The molecule has 0 aliphatic carbocycles. The van der Waals surface area contributed by atoms with Crippen LogP contribution in [0.3, 0.4) is 0 Å². The van der Waals surface area contributed by atoms with Crippen LogP contribution in [0, 0.1) is 5.82 Å². The fraction of sp³-hybridized carbons (Fsp3) is 0.500. The molecule has 0 saturated carbocycles. The Bertz CT molecular complexity index is 459. The van der Waals surface area contributed by atoms with E-state index in [1.807, 2.05) is 13.8 Å². The van der Waals surface area contributed by atoms with Crippen LogP contribution in [0.5, 0.6) is 0 Å². The van der Waals surface area contributed by atoms with E-state index in [2.05, 4.69) is 5.32 Å². The van der Waals surface area contributed by atoms with Gasteiger partial charge in [-0.25, -0.2) is 4.39 Å². The number of aliphatic hydroxyl groups is 1. The van der Waals surface area contributed by atoms with Crippen LogP contribution in [0.1, 0.15) is 20.3 Å². The highest BCUT2D eigenvalue weighted by molar-refractivity contribution is 5.98. The van der Waals surface area contributed by atoms with E-state index < -0.39 is 6.04 Å². The van der Waals surface area contributed by atoms with Crippen LogP contribution in [0.4, 0.5) is 10.1 Å². The third kappa shape index (κ3) is 2.77. The van der Waals surface area contributed by atoms with E-state index in [1.165, 1.54) is 12.1 Å². The van der Waals surface area contributed by atoms with Crippen molar-refractivity contribution in [1.29, 1.82) is 0 Å². The second-order valence-electron chi connectivity index (χ2n) is 5.40. The fourth-order valence-electron chi connectivity index (χ4n) is 2.42. The van der Waals surface area contributed by atoms with E-state index in [0.717, 1.165) is 6.42 Å². The molecule has 104 valence electrons. The quantitative estimate of drug-likeness (QED) is 0.848. The molecule has 1 aliphatic rings. The molecular formula is C14H19FN2O2. The molecule has 5 heteroatoms. The highest BCUT2D eigenvalue weighted by atomic mass is 19.1. The van der Waals surface area contributed by atoms with E-state index >= 15 is 0 Å². The highest BCUT2D eigenvalue weighted by Crippen LogP contribution is 2.29. The van der Waals surface area contributed by atoms with Gasteiger partial charge in [-0.3, -0.25) is 4.79 Å². The van der Waals surface area contributed by atoms with Gasteiger partial charge in [0.15, 0.2) is 0 Å². The molecule has 0 aromatic heterocycles. The second-order valence-corrected chi connectivity index (χ2v) is 5.40. The summed E-state index contributed by atoms with van der Waals surface area (Å²) in [6.07, 6.45) is 0.757. The average molecular weight is 266 g/mol. The Balaban J connectivity index is 2.41. The number of benzene rings is 1. The number of hydrogen-bond acceptors (Lipinski definition) is 3. The van der Waals surface area contributed by atoms with Crippen molar-refractivity contribution in [2.45, 2.75) is 31.8 Å². The van der Waals surface area contributed by atoms with Crippen molar-refractivity contribution in [3.05, 3.63) is 30.1 Å². The maximum atomic E-state index is 13.0. The molecule has 1 unspecified atom stereocenters. The lowest BCUT2D eigenvalue weighted by Gasteiger charge is -2.37. The summed E-state index contributed by atoms with van der Waals surface area (Å²) < 4.78 is 13.0. The minimum absolute atomic E-state index is 0.184. The predicted octanol–water partition coefficient (Wildman–Crippen LogP) is 1.29. The standard InChI is InChI=1S/C14H19FN2O2/c1-14(2)7-8-16-12(9-18)13(19)17(14)11-5-3-10(15)4-6-11/h3-6,12,16,18H,7-9H2,1-2H3. The zero-order valence-electron chi connectivity index (χ0n) is 11.2. The molecule has 1 aromatic rings. The molecule has 0 bridgehead atoms. The number of carbonyl (C=O) groups excluding carboxylic acids is 1. The largest absolute Gasteiger partial charge is 0.394 e. The number of nitrogens with one attached hydrogen (secondary N) is 1. The van der Waals surface area contributed by atoms with Crippen LogP contribution >= 0.6 is 0 Å². The summed E-state index contributed by atoms with van der Waals surface area (Å²) >= 11 is 0. The van der Waals surface area contributed by atoms with Crippen molar-refractivity contribution in [1.82, 2.24) is 5.32 Å². The minimum atomic E-state index is -0.605. The Kier molecular flexibility index (Phi) is 3.87. The molecule has 0 radical (unpaired) electrons. The predicted molar refractivity (Wildman–Crippen MR) is 71.5 cm³/mol. The van der Waals surface area contributed by atoms with E-state index in [9.17, 15) is 14.3 Å². The number of hydrogen-bond donors (Lipinski definition) is 2. The molecule has 2 N–H and O–H groups in total. The Morgan fingerprint density at radius 1 is 1.42 bits per heavy atom. The number of halogens is 1. The monoisotopic (exact) mass is 266 g/mol. The molecule has 19 heavy (non-hydrogen) atoms. The molecule has 2 rings (SSSR count). The van der Waals surface area contributed by atoms with Gasteiger partial charge in [0.25, 0.3) is 0 Å². The Morgan fingerprint density at radius 3 is 2.63 bits per heavy atom. The zero-order valence-corrected chi connectivity index (χ0v) is 11.2. The molecule has 0 spiro atoms. The summed E-state index contributed by atoms with van der Waals surface area (Å²) in [5, 5.41) is 12.3. The van der Waals surface area contributed by atoms with Crippen molar-refractivity contribution in [3.8, 4) is 0 Å². The summed E-state index contributed by atoms with van der Waals surface area (Å²) in [5.41, 5.74) is 0.268. The first-order valence-electron chi connectivity index (χ1n) is 6.39. The van der Waals surface area contributed by atoms with E-state index in [0.29, 0.717) is 12.2 Å². The molecule has 1 saturated heterocycles. The first-order chi connectivity index (χ1) is 8.95. The van der Waals surface area contributed by atoms with Crippen molar-refractivity contribution < 1.29 is 14.3 Å². The van der Waals surface area contributed by atoms with Gasteiger partial charge in [-0.1, -0.05) is 0 Å². The maximum absolute atomic E-state index is 13.0. The fourth-order valence-corrected chi connectivity index (χ4v) is 2.42. The summed E-state index contributed by atoms with van der Waals surface area (Å²) in [4.78, 5) is 14.1. The summed E-state index contributed by atoms with van der Waals surface area (Å²) in [6, 6.07) is 5.26. The summed E-state index contributed by atoms with van der Waals surface area (Å²) in [5.74, 6) is -0.516. The number of rotatable bonds is 2. The van der Waals surface area contributed by atoms with Crippen molar-refractivity contribution >= 4 is 11.6 Å². The molecule has 4 nitrogen and oxygen atoms in total. The number of nitrogens with zero attached hydrogens (tertiary/aromatic N) is 1. The lowest BCUT2D eigenvalue weighted by atomic mass is 9.97.